The van der Waals surface area contributed by atoms with Crippen LogP contribution in [0.25, 0.3) is 16.6 Å². The fourth-order valence-electron chi connectivity index (χ4n) is 4.16. The number of amides is 2. The molecule has 0 spiro atoms. The molecule has 2 heterocycles. The SMILES string of the molecule is COC(=O)N1CCCN(C(=O)c2ccc3c(=O)n(-c4cccc(C)c4C)c(=S)[nH]c3c2)CC1. The van der Waals surface area contributed by atoms with Gasteiger partial charge in [0, 0.05) is 31.7 Å². The summed E-state index contributed by atoms with van der Waals surface area (Å²) in [7, 11) is 1.35. The first-order valence-corrected chi connectivity index (χ1v) is 11.2. The van der Waals surface area contributed by atoms with E-state index < -0.39 is 0 Å². The van der Waals surface area contributed by atoms with Crippen molar-refractivity contribution in [2.75, 3.05) is 33.3 Å². The van der Waals surface area contributed by atoms with Gasteiger partial charge in [-0.2, -0.15) is 0 Å². The number of H-pyrrole nitrogens is 1. The van der Waals surface area contributed by atoms with E-state index in [1.54, 1.807) is 28.0 Å². The monoisotopic (exact) mass is 466 g/mol. The van der Waals surface area contributed by atoms with Crippen molar-refractivity contribution in [1.29, 1.82) is 0 Å². The Hall–Kier alpha value is -3.46. The molecule has 1 N–H and O–H groups in total. The number of aryl methyl sites for hydroxylation is 1. The van der Waals surface area contributed by atoms with E-state index in [0.29, 0.717) is 49.1 Å². The van der Waals surface area contributed by atoms with Gasteiger partial charge in [-0.05, 0) is 67.9 Å². The highest BCUT2D eigenvalue weighted by Crippen LogP contribution is 2.19. The van der Waals surface area contributed by atoms with Gasteiger partial charge in [0.2, 0.25) is 0 Å². The minimum absolute atomic E-state index is 0.151. The molecule has 0 radical (unpaired) electrons. The molecule has 3 aromatic rings. The Kier molecular flexibility index (Phi) is 6.33. The van der Waals surface area contributed by atoms with E-state index in [2.05, 4.69) is 4.98 Å². The molecule has 1 fully saturated rings. The molecule has 0 bridgehead atoms. The molecular formula is C24H26N4O4S. The lowest BCUT2D eigenvalue weighted by Gasteiger charge is -2.21. The van der Waals surface area contributed by atoms with Gasteiger partial charge in [-0.3, -0.25) is 14.2 Å². The number of aromatic nitrogens is 2. The molecule has 8 nitrogen and oxygen atoms in total. The minimum Gasteiger partial charge on any atom is -0.453 e. The number of carbonyl (C=O) groups excluding carboxylic acids is 2. The molecule has 0 atom stereocenters. The van der Waals surface area contributed by atoms with Crippen LogP contribution in [0.15, 0.2) is 41.2 Å². The lowest BCUT2D eigenvalue weighted by Crippen LogP contribution is -2.37. The molecule has 0 unspecified atom stereocenters. The minimum atomic E-state index is -0.386. The van der Waals surface area contributed by atoms with Gasteiger partial charge in [0.05, 0.1) is 23.7 Å². The molecule has 9 heteroatoms. The van der Waals surface area contributed by atoms with Gasteiger partial charge >= 0.3 is 6.09 Å². The number of benzene rings is 2. The Labute approximate surface area is 196 Å². The van der Waals surface area contributed by atoms with E-state index in [1.165, 1.54) is 11.7 Å². The molecule has 4 rings (SSSR count). The van der Waals surface area contributed by atoms with Gasteiger partial charge in [-0.15, -0.1) is 0 Å². The Morgan fingerprint density at radius 2 is 1.76 bits per heavy atom. The second kappa shape index (κ2) is 9.19. The predicted molar refractivity (Wildman–Crippen MR) is 129 cm³/mol. The molecule has 2 aromatic carbocycles. The number of rotatable bonds is 2. The van der Waals surface area contributed by atoms with Gasteiger partial charge < -0.3 is 19.5 Å². The quantitative estimate of drug-likeness (QED) is 0.584. The number of ether oxygens (including phenoxy) is 1. The van der Waals surface area contributed by atoms with E-state index in [9.17, 15) is 14.4 Å². The van der Waals surface area contributed by atoms with Crippen molar-refractivity contribution in [1.82, 2.24) is 19.4 Å². The second-order valence-corrected chi connectivity index (χ2v) is 8.54. The average molecular weight is 467 g/mol. The molecule has 172 valence electrons. The van der Waals surface area contributed by atoms with Crippen molar-refractivity contribution in [2.45, 2.75) is 20.3 Å². The Morgan fingerprint density at radius 1 is 1.03 bits per heavy atom. The highest BCUT2D eigenvalue weighted by molar-refractivity contribution is 7.71. The molecule has 1 aromatic heterocycles. The van der Waals surface area contributed by atoms with Crippen LogP contribution in [0.3, 0.4) is 0 Å². The fraction of sp³-hybridized carbons (Fsp3) is 0.333. The zero-order chi connectivity index (χ0) is 23.7. The van der Waals surface area contributed by atoms with Crippen molar-refractivity contribution in [3.63, 3.8) is 0 Å². The lowest BCUT2D eigenvalue weighted by atomic mass is 10.1. The van der Waals surface area contributed by atoms with Crippen LogP contribution in [-0.2, 0) is 4.74 Å². The van der Waals surface area contributed by atoms with Crippen LogP contribution < -0.4 is 5.56 Å². The summed E-state index contributed by atoms with van der Waals surface area (Å²) in [5.41, 5.74) is 3.53. The normalized spacial score (nSPS) is 14.3. The first-order chi connectivity index (χ1) is 15.8. The van der Waals surface area contributed by atoms with Crippen LogP contribution in [0.1, 0.15) is 27.9 Å². The summed E-state index contributed by atoms with van der Waals surface area (Å²) < 4.78 is 6.56. The van der Waals surface area contributed by atoms with E-state index in [0.717, 1.165) is 16.8 Å². The third kappa shape index (κ3) is 4.28. The summed E-state index contributed by atoms with van der Waals surface area (Å²) in [6.07, 6.45) is 0.278. The van der Waals surface area contributed by atoms with Gasteiger partial charge in [-0.25, -0.2) is 4.79 Å². The summed E-state index contributed by atoms with van der Waals surface area (Å²) >= 11 is 5.52. The van der Waals surface area contributed by atoms with Crippen LogP contribution in [0.4, 0.5) is 4.79 Å². The molecular weight excluding hydrogens is 440 g/mol. The van der Waals surface area contributed by atoms with E-state index in [4.69, 9.17) is 17.0 Å². The van der Waals surface area contributed by atoms with Crippen molar-refractivity contribution >= 4 is 35.1 Å². The maximum atomic E-state index is 13.3. The number of hydrogen-bond donors (Lipinski definition) is 1. The summed E-state index contributed by atoms with van der Waals surface area (Å²) in [5.74, 6) is -0.151. The number of nitrogens with one attached hydrogen (secondary N) is 1. The standard InChI is InChI=1S/C24H26N4O4S/c1-15-6-4-7-20(16(15)2)28-22(30)18-9-8-17(14-19(18)25-23(28)33)21(29)26-10-5-11-27(13-12-26)24(31)32-3/h4,6-9,14H,5,10-13H2,1-3H3,(H,25,33). The van der Waals surface area contributed by atoms with Crippen LogP contribution in [-0.4, -0.2) is 64.6 Å². The van der Waals surface area contributed by atoms with Gasteiger partial charge in [-0.1, -0.05) is 12.1 Å². The number of carbonyl (C=O) groups is 2. The van der Waals surface area contributed by atoms with Crippen molar-refractivity contribution in [2.24, 2.45) is 0 Å². The molecule has 0 saturated carbocycles. The second-order valence-electron chi connectivity index (χ2n) is 8.15. The van der Waals surface area contributed by atoms with Gasteiger partial charge in [0.15, 0.2) is 4.77 Å². The third-order valence-corrected chi connectivity index (χ3v) is 6.46. The Morgan fingerprint density at radius 3 is 2.52 bits per heavy atom. The predicted octanol–water partition coefficient (Wildman–Crippen LogP) is 3.58. The zero-order valence-corrected chi connectivity index (χ0v) is 19.7. The largest absolute Gasteiger partial charge is 0.453 e. The Bertz CT molecular complexity index is 1360. The summed E-state index contributed by atoms with van der Waals surface area (Å²) in [4.78, 5) is 44.7. The smallest absolute Gasteiger partial charge is 0.409 e. The third-order valence-electron chi connectivity index (χ3n) is 6.18. The van der Waals surface area contributed by atoms with Crippen molar-refractivity contribution < 1.29 is 14.3 Å². The van der Waals surface area contributed by atoms with Crippen molar-refractivity contribution in [3.8, 4) is 5.69 Å². The van der Waals surface area contributed by atoms with Crippen LogP contribution in [0.2, 0.25) is 0 Å². The van der Waals surface area contributed by atoms with Crippen LogP contribution in [0, 0.1) is 18.6 Å². The number of methoxy groups -OCH3 is 1. The lowest BCUT2D eigenvalue weighted by molar-refractivity contribution is 0.0757. The summed E-state index contributed by atoms with van der Waals surface area (Å²) in [6, 6.07) is 10.8. The van der Waals surface area contributed by atoms with E-state index in [1.807, 2.05) is 32.0 Å². The van der Waals surface area contributed by atoms with Crippen LogP contribution in [0.5, 0.6) is 0 Å². The van der Waals surface area contributed by atoms with Crippen molar-refractivity contribution in [3.05, 3.63) is 68.2 Å². The molecule has 33 heavy (non-hydrogen) atoms. The maximum absolute atomic E-state index is 13.3. The first-order valence-electron chi connectivity index (χ1n) is 10.8. The topological polar surface area (TPSA) is 87.6 Å². The van der Waals surface area contributed by atoms with E-state index in [-0.39, 0.29) is 22.3 Å². The van der Waals surface area contributed by atoms with Crippen LogP contribution >= 0.6 is 12.2 Å². The molecule has 1 aliphatic rings. The number of nitrogens with zero attached hydrogens (tertiary/aromatic N) is 3. The number of hydrogen-bond acceptors (Lipinski definition) is 5. The summed E-state index contributed by atoms with van der Waals surface area (Å²) in [6.45, 7) is 5.85. The zero-order valence-electron chi connectivity index (χ0n) is 18.9. The molecule has 0 aliphatic carbocycles. The highest BCUT2D eigenvalue weighted by atomic mass is 32.1. The first kappa shape index (κ1) is 22.7. The Balaban J connectivity index is 1.67. The van der Waals surface area contributed by atoms with E-state index >= 15 is 0 Å². The maximum Gasteiger partial charge on any atom is 0.409 e. The van der Waals surface area contributed by atoms with Gasteiger partial charge in [0.1, 0.15) is 0 Å². The molecule has 2 amide bonds. The molecule has 1 saturated heterocycles. The van der Waals surface area contributed by atoms with Gasteiger partial charge in [0.25, 0.3) is 11.5 Å². The summed E-state index contributed by atoms with van der Waals surface area (Å²) in [5, 5.41) is 0.453. The highest BCUT2D eigenvalue weighted by Gasteiger charge is 2.23. The number of fused-ring (bicyclic) bond motifs is 1. The average Bonchev–Trinajstić information content (AvgIpc) is 3.06. The molecule has 1 aliphatic heterocycles. The fourth-order valence-corrected chi connectivity index (χ4v) is 4.45. The number of aromatic amines is 1.